The minimum Gasteiger partial charge on any atom is -0.466 e. The fraction of sp³-hybridized carbons (Fsp3) is 0.273. The summed E-state index contributed by atoms with van der Waals surface area (Å²) in [7, 11) is 0. The van der Waals surface area contributed by atoms with E-state index in [1.807, 2.05) is 0 Å². The average Bonchev–Trinajstić information content (AvgIpc) is 2.27. The zero-order valence-electron chi connectivity index (χ0n) is 9.32. The molecule has 18 heavy (non-hydrogen) atoms. The molecule has 0 saturated carbocycles. The fourth-order valence-corrected chi connectivity index (χ4v) is 1.42. The van der Waals surface area contributed by atoms with Crippen molar-refractivity contribution in [1.29, 1.82) is 0 Å². The molecule has 0 spiro atoms. The number of benzene rings is 1. The molecule has 0 unspecified atom stereocenters. The topological polar surface area (TPSA) is 55.4 Å². The molecular formula is C11H10Cl3NO3. The van der Waals surface area contributed by atoms with Gasteiger partial charge in [0.1, 0.15) is 12.0 Å². The van der Waals surface area contributed by atoms with Crippen molar-refractivity contribution in [3.05, 3.63) is 29.8 Å². The molecule has 4 nitrogen and oxygen atoms in total. The van der Waals surface area contributed by atoms with E-state index in [4.69, 9.17) is 39.5 Å². The van der Waals surface area contributed by atoms with Crippen LogP contribution >= 0.6 is 34.8 Å². The molecule has 1 amide bonds. The number of hydrogen-bond acceptors (Lipinski definition) is 3. The third-order valence-electron chi connectivity index (χ3n) is 1.90. The van der Waals surface area contributed by atoms with Gasteiger partial charge in [0.2, 0.25) is 15.9 Å². The molecule has 0 saturated heterocycles. The van der Waals surface area contributed by atoms with Crippen LogP contribution in [0, 0.1) is 0 Å². The lowest BCUT2D eigenvalue weighted by Gasteiger charge is -2.25. The highest BCUT2D eigenvalue weighted by molar-refractivity contribution is 6.68. The summed E-state index contributed by atoms with van der Waals surface area (Å²) in [6.07, 6.45) is -0.425. The van der Waals surface area contributed by atoms with Crippen LogP contribution in [0.1, 0.15) is 17.3 Å². The van der Waals surface area contributed by atoms with Gasteiger partial charge in [-0.2, -0.15) is 0 Å². The summed E-state index contributed by atoms with van der Waals surface area (Å²) in [5, 5.41) is 2.37. The van der Waals surface area contributed by atoms with E-state index in [0.29, 0.717) is 17.6 Å². The predicted molar refractivity (Wildman–Crippen MR) is 70.4 cm³/mol. The van der Waals surface area contributed by atoms with Crippen LogP contribution < -0.4 is 10.1 Å². The number of hydrogen-bond donors (Lipinski definition) is 1. The van der Waals surface area contributed by atoms with E-state index >= 15 is 0 Å². The first-order valence-electron chi connectivity index (χ1n) is 4.88. The van der Waals surface area contributed by atoms with Crippen LogP contribution in [-0.4, -0.2) is 22.2 Å². The Balaban J connectivity index is 2.82. The highest BCUT2D eigenvalue weighted by Gasteiger charge is 2.35. The van der Waals surface area contributed by atoms with Crippen molar-refractivity contribution in [1.82, 2.24) is 5.32 Å². The Morgan fingerprint density at radius 2 is 1.89 bits per heavy atom. The Bertz CT molecular complexity index is 428. The predicted octanol–water partition coefficient (Wildman–Crippen LogP) is 2.71. The maximum Gasteiger partial charge on any atom is 0.246 e. The van der Waals surface area contributed by atoms with Gasteiger partial charge in [-0.05, 0) is 24.3 Å². The third-order valence-corrected chi connectivity index (χ3v) is 2.50. The van der Waals surface area contributed by atoms with Gasteiger partial charge in [0.15, 0.2) is 0 Å². The second-order valence-corrected chi connectivity index (χ2v) is 5.80. The van der Waals surface area contributed by atoms with Gasteiger partial charge in [-0.1, -0.05) is 34.8 Å². The molecule has 1 aromatic carbocycles. The van der Waals surface area contributed by atoms with Crippen molar-refractivity contribution in [3.63, 3.8) is 0 Å². The lowest BCUT2D eigenvalue weighted by atomic mass is 10.2. The normalized spacial score (nSPS) is 12.7. The zero-order valence-corrected chi connectivity index (χ0v) is 11.6. The summed E-state index contributed by atoms with van der Waals surface area (Å²) in [5.74, 6) is -0.0264. The SMILES string of the molecule is CC(=O)N[C@H](Oc1ccc(C=O)cc1)C(Cl)(Cl)Cl. The van der Waals surface area contributed by atoms with E-state index in [9.17, 15) is 9.59 Å². The van der Waals surface area contributed by atoms with Gasteiger partial charge >= 0.3 is 0 Å². The lowest BCUT2D eigenvalue weighted by molar-refractivity contribution is -0.121. The van der Waals surface area contributed by atoms with Crippen molar-refractivity contribution in [2.75, 3.05) is 0 Å². The van der Waals surface area contributed by atoms with Crippen LogP contribution in [0.4, 0.5) is 0 Å². The summed E-state index contributed by atoms with van der Waals surface area (Å²) in [5.41, 5.74) is 0.493. The minimum absolute atomic E-state index is 0.366. The van der Waals surface area contributed by atoms with Gasteiger partial charge < -0.3 is 10.1 Å². The molecule has 7 heteroatoms. The Morgan fingerprint density at radius 1 is 1.33 bits per heavy atom. The smallest absolute Gasteiger partial charge is 0.246 e. The van der Waals surface area contributed by atoms with Gasteiger partial charge in [-0.15, -0.1) is 0 Å². The molecule has 0 radical (unpaired) electrons. The van der Waals surface area contributed by atoms with E-state index in [2.05, 4.69) is 5.32 Å². The fourth-order valence-electron chi connectivity index (χ4n) is 1.12. The second-order valence-electron chi connectivity index (χ2n) is 3.43. The maximum absolute atomic E-state index is 11.0. The number of nitrogens with one attached hydrogen (secondary N) is 1. The number of ether oxygens (including phenoxy) is 1. The number of aldehydes is 1. The van der Waals surface area contributed by atoms with Crippen molar-refractivity contribution in [3.8, 4) is 5.75 Å². The second kappa shape index (κ2) is 6.27. The number of carbonyl (C=O) groups excluding carboxylic acids is 2. The Morgan fingerprint density at radius 3 is 2.28 bits per heavy atom. The van der Waals surface area contributed by atoms with Crippen molar-refractivity contribution < 1.29 is 14.3 Å². The Kier molecular flexibility index (Phi) is 5.26. The standard InChI is InChI=1S/C11H10Cl3NO3/c1-7(17)15-10(11(12,13)14)18-9-4-2-8(6-16)3-5-9/h2-6,10H,1H3,(H,15,17)/t10-/m1/s1. The van der Waals surface area contributed by atoms with Crippen LogP contribution in [0.3, 0.4) is 0 Å². The van der Waals surface area contributed by atoms with Gasteiger partial charge in [0, 0.05) is 12.5 Å². The molecule has 0 heterocycles. The molecule has 1 atom stereocenters. The third kappa shape index (κ3) is 4.72. The summed E-state index contributed by atoms with van der Waals surface area (Å²) >= 11 is 17.1. The van der Waals surface area contributed by atoms with Gasteiger partial charge in [0.05, 0.1) is 0 Å². The van der Waals surface area contributed by atoms with Crippen molar-refractivity contribution in [2.45, 2.75) is 16.9 Å². The Labute approximate surface area is 119 Å². The van der Waals surface area contributed by atoms with E-state index in [1.165, 1.54) is 19.1 Å². The number of alkyl halides is 3. The summed E-state index contributed by atoms with van der Waals surface area (Å²) < 4.78 is 3.54. The lowest BCUT2D eigenvalue weighted by Crippen LogP contribution is -2.47. The first kappa shape index (κ1) is 15.1. The molecular weight excluding hydrogens is 300 g/mol. The largest absolute Gasteiger partial charge is 0.466 e. The molecule has 1 N–H and O–H groups in total. The van der Waals surface area contributed by atoms with E-state index < -0.39 is 15.9 Å². The summed E-state index contributed by atoms with van der Waals surface area (Å²) in [4.78, 5) is 21.5. The average molecular weight is 311 g/mol. The van der Waals surface area contributed by atoms with Gasteiger partial charge in [-0.25, -0.2) is 0 Å². The van der Waals surface area contributed by atoms with Crippen molar-refractivity contribution >= 4 is 47.0 Å². The number of carbonyl (C=O) groups is 2. The van der Waals surface area contributed by atoms with Crippen LogP contribution in [0.25, 0.3) is 0 Å². The monoisotopic (exact) mass is 309 g/mol. The van der Waals surface area contributed by atoms with Crippen molar-refractivity contribution in [2.24, 2.45) is 0 Å². The van der Waals surface area contributed by atoms with Gasteiger partial charge in [0.25, 0.3) is 0 Å². The van der Waals surface area contributed by atoms with E-state index in [1.54, 1.807) is 12.1 Å². The van der Waals surface area contributed by atoms with Crippen LogP contribution in [0.2, 0.25) is 0 Å². The molecule has 98 valence electrons. The molecule has 1 aromatic rings. The van der Waals surface area contributed by atoms with E-state index in [-0.39, 0.29) is 0 Å². The number of amides is 1. The Hall–Kier alpha value is -0.970. The van der Waals surface area contributed by atoms with Crippen LogP contribution in [-0.2, 0) is 4.79 Å². The molecule has 0 fully saturated rings. The molecule has 0 aromatic heterocycles. The maximum atomic E-state index is 11.0. The molecule has 0 aliphatic carbocycles. The number of halogens is 3. The summed E-state index contributed by atoms with van der Waals surface area (Å²) in [6.45, 7) is 1.28. The van der Waals surface area contributed by atoms with Gasteiger partial charge in [-0.3, -0.25) is 9.59 Å². The molecule has 0 bridgehead atoms. The first-order chi connectivity index (χ1) is 8.32. The summed E-state index contributed by atoms with van der Waals surface area (Å²) in [6, 6.07) is 6.17. The quantitative estimate of drug-likeness (QED) is 0.528. The molecule has 1 rings (SSSR count). The molecule has 0 aliphatic heterocycles. The first-order valence-corrected chi connectivity index (χ1v) is 6.02. The van der Waals surface area contributed by atoms with E-state index in [0.717, 1.165) is 0 Å². The number of rotatable bonds is 4. The van der Waals surface area contributed by atoms with Crippen LogP contribution in [0.5, 0.6) is 5.75 Å². The highest BCUT2D eigenvalue weighted by Crippen LogP contribution is 2.31. The highest BCUT2D eigenvalue weighted by atomic mass is 35.6. The van der Waals surface area contributed by atoms with Crippen LogP contribution in [0.15, 0.2) is 24.3 Å². The minimum atomic E-state index is -1.81. The zero-order chi connectivity index (χ0) is 13.8. The molecule has 0 aliphatic rings.